The van der Waals surface area contributed by atoms with Gasteiger partial charge in [0.05, 0.1) is 6.54 Å². The zero-order chi connectivity index (χ0) is 11.5. The molecule has 1 fully saturated rings. The standard InChI is InChI=1S/C11H20N4O/c1-8(2)11-13-10(14-16-11)7-15(3)9-4-5-12-6-9/h8-9,12H,4-7H2,1-3H3/t9-/m1/s1. The Morgan fingerprint density at radius 1 is 1.56 bits per heavy atom. The first-order valence-corrected chi connectivity index (χ1v) is 5.90. The van der Waals surface area contributed by atoms with Crippen molar-refractivity contribution in [3.05, 3.63) is 11.7 Å². The summed E-state index contributed by atoms with van der Waals surface area (Å²) in [6.45, 7) is 7.05. The van der Waals surface area contributed by atoms with Crippen molar-refractivity contribution in [2.24, 2.45) is 0 Å². The highest BCUT2D eigenvalue weighted by Gasteiger charge is 2.21. The van der Waals surface area contributed by atoms with Crippen LogP contribution in [0.15, 0.2) is 4.52 Å². The Balaban J connectivity index is 1.92. The van der Waals surface area contributed by atoms with Gasteiger partial charge >= 0.3 is 0 Å². The van der Waals surface area contributed by atoms with Gasteiger partial charge in [-0.25, -0.2) is 0 Å². The molecular formula is C11H20N4O. The monoisotopic (exact) mass is 224 g/mol. The first-order valence-electron chi connectivity index (χ1n) is 5.90. The van der Waals surface area contributed by atoms with Crippen LogP contribution in [0, 0.1) is 0 Å². The van der Waals surface area contributed by atoms with Crippen LogP contribution in [0.4, 0.5) is 0 Å². The summed E-state index contributed by atoms with van der Waals surface area (Å²) in [6.07, 6.45) is 1.20. The molecule has 0 aromatic carbocycles. The molecule has 1 atom stereocenters. The highest BCUT2D eigenvalue weighted by atomic mass is 16.5. The Morgan fingerprint density at radius 3 is 2.94 bits per heavy atom. The van der Waals surface area contributed by atoms with E-state index < -0.39 is 0 Å². The molecule has 0 radical (unpaired) electrons. The number of aromatic nitrogens is 2. The SMILES string of the molecule is CC(C)c1nc(CN(C)[C@@H]2CCNC2)no1. The Kier molecular flexibility index (Phi) is 3.56. The molecule has 2 rings (SSSR count). The molecule has 0 amide bonds. The Labute approximate surface area is 96.2 Å². The Bertz CT molecular complexity index is 330. The maximum atomic E-state index is 5.19. The fourth-order valence-corrected chi connectivity index (χ4v) is 1.93. The largest absolute Gasteiger partial charge is 0.339 e. The number of hydrogen-bond acceptors (Lipinski definition) is 5. The van der Waals surface area contributed by atoms with Crippen LogP contribution >= 0.6 is 0 Å². The zero-order valence-corrected chi connectivity index (χ0v) is 10.2. The van der Waals surface area contributed by atoms with Crippen LogP contribution in [-0.4, -0.2) is 41.2 Å². The van der Waals surface area contributed by atoms with Gasteiger partial charge in [0.15, 0.2) is 5.82 Å². The van der Waals surface area contributed by atoms with E-state index in [0.717, 1.165) is 31.3 Å². The summed E-state index contributed by atoms with van der Waals surface area (Å²) >= 11 is 0. The summed E-state index contributed by atoms with van der Waals surface area (Å²) in [7, 11) is 2.11. The van der Waals surface area contributed by atoms with Crippen LogP contribution in [0.3, 0.4) is 0 Å². The van der Waals surface area contributed by atoms with Gasteiger partial charge in [-0.1, -0.05) is 19.0 Å². The molecule has 0 unspecified atom stereocenters. The van der Waals surface area contributed by atoms with Crippen molar-refractivity contribution < 1.29 is 4.52 Å². The van der Waals surface area contributed by atoms with Gasteiger partial charge in [0.2, 0.25) is 5.89 Å². The van der Waals surface area contributed by atoms with E-state index >= 15 is 0 Å². The van der Waals surface area contributed by atoms with E-state index in [1.165, 1.54) is 6.42 Å². The summed E-state index contributed by atoms with van der Waals surface area (Å²) in [4.78, 5) is 6.67. The molecule has 1 saturated heterocycles. The third-order valence-corrected chi connectivity index (χ3v) is 3.03. The van der Waals surface area contributed by atoms with E-state index in [1.807, 2.05) is 0 Å². The maximum Gasteiger partial charge on any atom is 0.229 e. The molecule has 5 nitrogen and oxygen atoms in total. The predicted molar refractivity (Wildman–Crippen MR) is 61.1 cm³/mol. The van der Waals surface area contributed by atoms with Crippen molar-refractivity contribution in [2.45, 2.75) is 38.8 Å². The molecule has 1 N–H and O–H groups in total. The van der Waals surface area contributed by atoms with Crippen LogP contribution < -0.4 is 5.32 Å². The van der Waals surface area contributed by atoms with E-state index in [4.69, 9.17) is 4.52 Å². The average molecular weight is 224 g/mol. The Hall–Kier alpha value is -0.940. The van der Waals surface area contributed by atoms with Gasteiger partial charge in [0, 0.05) is 18.5 Å². The van der Waals surface area contributed by atoms with Crippen molar-refractivity contribution in [1.29, 1.82) is 0 Å². The lowest BCUT2D eigenvalue weighted by atomic mass is 10.2. The van der Waals surface area contributed by atoms with Gasteiger partial charge in [-0.05, 0) is 20.0 Å². The molecular weight excluding hydrogens is 204 g/mol. The zero-order valence-electron chi connectivity index (χ0n) is 10.2. The van der Waals surface area contributed by atoms with Crippen LogP contribution in [0.5, 0.6) is 0 Å². The third kappa shape index (κ3) is 2.59. The number of hydrogen-bond donors (Lipinski definition) is 1. The van der Waals surface area contributed by atoms with Gasteiger partial charge in [-0.3, -0.25) is 4.90 Å². The van der Waals surface area contributed by atoms with Crippen molar-refractivity contribution in [3.8, 4) is 0 Å². The van der Waals surface area contributed by atoms with E-state index in [9.17, 15) is 0 Å². The highest BCUT2D eigenvalue weighted by Crippen LogP contribution is 2.13. The Morgan fingerprint density at radius 2 is 2.38 bits per heavy atom. The lowest BCUT2D eigenvalue weighted by Gasteiger charge is -2.21. The van der Waals surface area contributed by atoms with Crippen molar-refractivity contribution in [2.75, 3.05) is 20.1 Å². The van der Waals surface area contributed by atoms with Crippen molar-refractivity contribution in [1.82, 2.24) is 20.4 Å². The molecule has 1 aromatic heterocycles. The highest BCUT2D eigenvalue weighted by molar-refractivity contribution is 4.91. The van der Waals surface area contributed by atoms with Gasteiger partial charge in [0.25, 0.3) is 0 Å². The summed E-state index contributed by atoms with van der Waals surface area (Å²) in [6, 6.07) is 0.598. The molecule has 5 heteroatoms. The molecule has 0 saturated carbocycles. The van der Waals surface area contributed by atoms with Crippen LogP contribution in [0.2, 0.25) is 0 Å². The second kappa shape index (κ2) is 4.93. The minimum atomic E-state index is 0.305. The van der Waals surface area contributed by atoms with Gasteiger partial charge in [0.1, 0.15) is 0 Å². The topological polar surface area (TPSA) is 54.2 Å². The second-order valence-electron chi connectivity index (χ2n) is 4.77. The van der Waals surface area contributed by atoms with Crippen LogP contribution in [-0.2, 0) is 6.54 Å². The van der Waals surface area contributed by atoms with E-state index in [0.29, 0.717) is 12.0 Å². The quantitative estimate of drug-likeness (QED) is 0.826. The van der Waals surface area contributed by atoms with Crippen LogP contribution in [0.25, 0.3) is 0 Å². The van der Waals surface area contributed by atoms with E-state index in [2.05, 4.69) is 41.3 Å². The van der Waals surface area contributed by atoms with Crippen molar-refractivity contribution >= 4 is 0 Å². The van der Waals surface area contributed by atoms with Gasteiger partial charge in [-0.15, -0.1) is 0 Å². The number of nitrogens with zero attached hydrogens (tertiary/aromatic N) is 3. The minimum Gasteiger partial charge on any atom is -0.339 e. The summed E-state index contributed by atoms with van der Waals surface area (Å²) < 4.78 is 5.19. The maximum absolute atomic E-state index is 5.19. The molecule has 1 aliphatic rings. The first kappa shape index (κ1) is 11.5. The number of rotatable bonds is 4. The first-order chi connectivity index (χ1) is 7.66. The van der Waals surface area contributed by atoms with E-state index in [-0.39, 0.29) is 0 Å². The smallest absolute Gasteiger partial charge is 0.229 e. The van der Waals surface area contributed by atoms with Crippen molar-refractivity contribution in [3.63, 3.8) is 0 Å². The predicted octanol–water partition coefficient (Wildman–Crippen LogP) is 0.987. The van der Waals surface area contributed by atoms with Gasteiger partial charge < -0.3 is 9.84 Å². The van der Waals surface area contributed by atoms with Gasteiger partial charge in [-0.2, -0.15) is 4.98 Å². The number of nitrogens with one attached hydrogen (secondary N) is 1. The molecule has 0 bridgehead atoms. The second-order valence-corrected chi connectivity index (χ2v) is 4.77. The fraction of sp³-hybridized carbons (Fsp3) is 0.818. The lowest BCUT2D eigenvalue weighted by Crippen LogP contribution is -2.33. The third-order valence-electron chi connectivity index (χ3n) is 3.03. The molecule has 90 valence electrons. The normalized spacial score (nSPS) is 21.2. The fourth-order valence-electron chi connectivity index (χ4n) is 1.93. The van der Waals surface area contributed by atoms with E-state index in [1.54, 1.807) is 0 Å². The molecule has 0 spiro atoms. The molecule has 0 aliphatic carbocycles. The average Bonchev–Trinajstić information content (AvgIpc) is 2.87. The molecule has 1 aromatic rings. The number of likely N-dealkylation sites (N-methyl/N-ethyl adjacent to an activating group) is 1. The summed E-state index contributed by atoms with van der Waals surface area (Å²) in [5.74, 6) is 1.82. The molecule has 2 heterocycles. The summed E-state index contributed by atoms with van der Waals surface area (Å²) in [5, 5.41) is 7.36. The lowest BCUT2D eigenvalue weighted by molar-refractivity contribution is 0.238. The molecule has 16 heavy (non-hydrogen) atoms. The van der Waals surface area contributed by atoms with Crippen LogP contribution in [0.1, 0.15) is 37.9 Å². The molecule has 1 aliphatic heterocycles. The minimum absolute atomic E-state index is 0.305. The summed E-state index contributed by atoms with van der Waals surface area (Å²) in [5.41, 5.74) is 0.